The van der Waals surface area contributed by atoms with Gasteiger partial charge in [-0.2, -0.15) is 0 Å². The van der Waals surface area contributed by atoms with Gasteiger partial charge in [0.15, 0.2) is 0 Å². The Morgan fingerprint density at radius 1 is 0.508 bits per heavy atom. The monoisotopic (exact) mass is 822 g/mol. The Hall–Kier alpha value is -2.96. The highest BCUT2D eigenvalue weighted by Gasteiger charge is 2.24. The predicted octanol–water partition coefficient (Wildman–Crippen LogP) is 14.4. The van der Waals surface area contributed by atoms with Crippen molar-refractivity contribution in [2.75, 3.05) is 6.61 Å². The van der Waals surface area contributed by atoms with Gasteiger partial charge in [-0.1, -0.05) is 196 Å². The second-order valence-electron chi connectivity index (χ2n) is 16.1. The van der Waals surface area contributed by atoms with E-state index in [0.29, 0.717) is 19.3 Å². The Bertz CT molecular complexity index is 1150. The maximum atomic E-state index is 13.2. The Morgan fingerprint density at radius 3 is 1.42 bits per heavy atom. The van der Waals surface area contributed by atoms with Gasteiger partial charge in [-0.15, -0.1) is 0 Å². The van der Waals surface area contributed by atoms with Crippen LogP contribution in [0.3, 0.4) is 0 Å². The standard InChI is InChI=1S/C53H91NO5/c1-4-7-10-13-16-19-22-24-26-27-29-31-34-37-40-43-46-53(58)59-49(44-41-38-35-32-30-28-25-23-20-17-14-11-8-5-2)47-52(57)54-50(48-55)51(56)45-42-39-36-33-21-18-15-12-9-6-3/h7-8,10-11,16-17,19-20,24-26,28,32,35,49-51,55-56H,4-6,9,12-15,18,21-23,27,29-31,33-34,36-48H2,1-3H3,(H,54,57)/b10-7+,11-8+,19-16+,20-17+,26-24+,28-25+,35-32+. The lowest BCUT2D eigenvalue weighted by atomic mass is 10.0. The van der Waals surface area contributed by atoms with Gasteiger partial charge >= 0.3 is 5.97 Å². The predicted molar refractivity (Wildman–Crippen MR) is 254 cm³/mol. The molecule has 0 aliphatic carbocycles. The van der Waals surface area contributed by atoms with Crippen molar-refractivity contribution in [2.45, 2.75) is 232 Å². The molecule has 0 rings (SSSR count). The van der Waals surface area contributed by atoms with Gasteiger partial charge in [0.05, 0.1) is 25.2 Å². The topological polar surface area (TPSA) is 95.9 Å². The lowest BCUT2D eigenvalue weighted by molar-refractivity contribution is -0.151. The molecule has 6 heteroatoms. The molecule has 0 aliphatic rings. The molecule has 0 heterocycles. The van der Waals surface area contributed by atoms with Crippen molar-refractivity contribution in [3.05, 3.63) is 85.1 Å². The highest BCUT2D eigenvalue weighted by molar-refractivity contribution is 5.77. The molecule has 338 valence electrons. The van der Waals surface area contributed by atoms with Crippen LogP contribution in [0, 0.1) is 0 Å². The fourth-order valence-corrected chi connectivity index (χ4v) is 6.85. The molecule has 0 saturated carbocycles. The summed E-state index contributed by atoms with van der Waals surface area (Å²) in [6.07, 6.45) is 59.3. The van der Waals surface area contributed by atoms with E-state index in [9.17, 15) is 19.8 Å². The zero-order valence-electron chi connectivity index (χ0n) is 38.4. The Morgan fingerprint density at radius 2 is 0.932 bits per heavy atom. The van der Waals surface area contributed by atoms with Crippen LogP contribution in [-0.2, 0) is 14.3 Å². The van der Waals surface area contributed by atoms with Crippen LogP contribution in [-0.4, -0.2) is 46.9 Å². The summed E-state index contributed by atoms with van der Waals surface area (Å²) in [5.74, 6) is -0.551. The normalized spacial score (nSPS) is 14.1. The second kappa shape index (κ2) is 46.1. The van der Waals surface area contributed by atoms with Crippen LogP contribution >= 0.6 is 0 Å². The molecule has 3 atom stereocenters. The van der Waals surface area contributed by atoms with Gasteiger partial charge in [-0.25, -0.2) is 0 Å². The summed E-state index contributed by atoms with van der Waals surface area (Å²) in [6, 6.07) is -0.724. The number of hydrogen-bond donors (Lipinski definition) is 3. The van der Waals surface area contributed by atoms with Crippen molar-refractivity contribution in [2.24, 2.45) is 0 Å². The Labute approximate surface area is 363 Å². The molecule has 0 aromatic rings. The SMILES string of the molecule is CC/C=C/C/C=C/C/C=C/C/C=C/CCCC(CC(=O)NC(CO)C(O)CCCCCCCCCCCC)OC(=O)CCCCCCCC/C=C/C/C=C/C/C=C/CC. The molecule has 0 spiro atoms. The summed E-state index contributed by atoms with van der Waals surface area (Å²) in [6.45, 7) is 6.21. The number of nitrogens with one attached hydrogen (secondary N) is 1. The van der Waals surface area contributed by atoms with E-state index < -0.39 is 18.2 Å². The number of hydrogen-bond acceptors (Lipinski definition) is 5. The number of unbranched alkanes of at least 4 members (excludes halogenated alkanes) is 16. The van der Waals surface area contributed by atoms with Crippen LogP contribution < -0.4 is 5.32 Å². The van der Waals surface area contributed by atoms with E-state index in [1.165, 1.54) is 64.2 Å². The Kier molecular flexibility index (Phi) is 43.8. The van der Waals surface area contributed by atoms with Crippen LogP contribution in [0.4, 0.5) is 0 Å². The van der Waals surface area contributed by atoms with Crippen molar-refractivity contribution in [1.29, 1.82) is 0 Å². The molecule has 0 fully saturated rings. The van der Waals surface area contributed by atoms with Gasteiger partial charge in [0.1, 0.15) is 6.10 Å². The van der Waals surface area contributed by atoms with E-state index in [1.54, 1.807) is 0 Å². The number of allylic oxidation sites excluding steroid dienone is 14. The second-order valence-corrected chi connectivity index (χ2v) is 16.1. The van der Waals surface area contributed by atoms with E-state index in [4.69, 9.17) is 4.74 Å². The van der Waals surface area contributed by atoms with Gasteiger partial charge in [0.2, 0.25) is 5.91 Å². The summed E-state index contributed by atoms with van der Waals surface area (Å²) in [5, 5.41) is 23.6. The number of esters is 1. The number of carbonyl (C=O) groups is 2. The van der Waals surface area contributed by atoms with Crippen molar-refractivity contribution in [3.8, 4) is 0 Å². The van der Waals surface area contributed by atoms with Gasteiger partial charge in [-0.3, -0.25) is 9.59 Å². The molecule has 3 unspecified atom stereocenters. The number of aliphatic hydroxyl groups excluding tert-OH is 2. The molecule has 0 saturated heterocycles. The van der Waals surface area contributed by atoms with Crippen LogP contribution in [0.25, 0.3) is 0 Å². The van der Waals surface area contributed by atoms with Gasteiger partial charge in [-0.05, 0) is 89.9 Å². The van der Waals surface area contributed by atoms with Crippen LogP contribution in [0.1, 0.15) is 213 Å². The van der Waals surface area contributed by atoms with E-state index in [1.807, 2.05) is 0 Å². The van der Waals surface area contributed by atoms with Gasteiger partial charge < -0.3 is 20.3 Å². The zero-order chi connectivity index (χ0) is 43.1. The third kappa shape index (κ3) is 41.6. The van der Waals surface area contributed by atoms with E-state index in [2.05, 4.69) is 111 Å². The highest BCUT2D eigenvalue weighted by atomic mass is 16.5. The molecule has 0 bridgehead atoms. The summed E-state index contributed by atoms with van der Waals surface area (Å²) >= 11 is 0. The minimum atomic E-state index is -0.806. The van der Waals surface area contributed by atoms with Gasteiger partial charge in [0.25, 0.3) is 0 Å². The molecule has 0 aromatic heterocycles. The largest absolute Gasteiger partial charge is 0.462 e. The van der Waals surface area contributed by atoms with E-state index in [0.717, 1.165) is 103 Å². The van der Waals surface area contributed by atoms with Gasteiger partial charge in [0, 0.05) is 6.42 Å². The average molecular weight is 822 g/mol. The molecule has 0 aliphatic heterocycles. The maximum absolute atomic E-state index is 13.2. The first-order valence-corrected chi connectivity index (χ1v) is 24.3. The lowest BCUT2D eigenvalue weighted by Crippen LogP contribution is -2.46. The summed E-state index contributed by atoms with van der Waals surface area (Å²) < 4.78 is 5.89. The van der Waals surface area contributed by atoms with Crippen molar-refractivity contribution >= 4 is 11.9 Å². The minimum absolute atomic E-state index is 0.0302. The molecule has 6 nitrogen and oxygen atoms in total. The van der Waals surface area contributed by atoms with Crippen LogP contribution in [0.15, 0.2) is 85.1 Å². The lowest BCUT2D eigenvalue weighted by Gasteiger charge is -2.24. The number of ether oxygens (including phenoxy) is 1. The zero-order valence-corrected chi connectivity index (χ0v) is 38.4. The number of aliphatic hydroxyl groups is 2. The smallest absolute Gasteiger partial charge is 0.306 e. The first-order valence-electron chi connectivity index (χ1n) is 24.3. The molecule has 0 radical (unpaired) electrons. The van der Waals surface area contributed by atoms with E-state index >= 15 is 0 Å². The van der Waals surface area contributed by atoms with E-state index in [-0.39, 0.29) is 24.9 Å². The number of amides is 1. The molecule has 0 aromatic carbocycles. The average Bonchev–Trinajstić information content (AvgIpc) is 3.23. The maximum Gasteiger partial charge on any atom is 0.306 e. The summed E-state index contributed by atoms with van der Waals surface area (Å²) in [7, 11) is 0. The Balaban J connectivity index is 4.71. The van der Waals surface area contributed by atoms with Crippen molar-refractivity contribution in [3.63, 3.8) is 0 Å². The summed E-state index contributed by atoms with van der Waals surface area (Å²) in [5.41, 5.74) is 0. The quantitative estimate of drug-likeness (QED) is 0.0324. The fourth-order valence-electron chi connectivity index (χ4n) is 6.85. The fraction of sp³-hybridized carbons (Fsp3) is 0.698. The van der Waals surface area contributed by atoms with Crippen molar-refractivity contribution in [1.82, 2.24) is 5.32 Å². The van der Waals surface area contributed by atoms with Crippen LogP contribution in [0.2, 0.25) is 0 Å². The molecule has 1 amide bonds. The summed E-state index contributed by atoms with van der Waals surface area (Å²) in [4.78, 5) is 26.1. The highest BCUT2D eigenvalue weighted by Crippen LogP contribution is 2.16. The third-order valence-electron chi connectivity index (χ3n) is 10.5. The first-order chi connectivity index (χ1) is 29.0. The molecule has 3 N–H and O–H groups in total. The number of rotatable bonds is 42. The molecular weight excluding hydrogens is 731 g/mol. The van der Waals surface area contributed by atoms with Crippen molar-refractivity contribution < 1.29 is 24.5 Å². The molecule has 59 heavy (non-hydrogen) atoms. The molecular formula is C53H91NO5. The third-order valence-corrected chi connectivity index (χ3v) is 10.5. The minimum Gasteiger partial charge on any atom is -0.462 e. The number of carbonyl (C=O) groups excluding carboxylic acids is 2. The first kappa shape index (κ1) is 56.0. The van der Waals surface area contributed by atoms with Crippen LogP contribution in [0.5, 0.6) is 0 Å².